The summed E-state index contributed by atoms with van der Waals surface area (Å²) in [6, 6.07) is 8.12. The summed E-state index contributed by atoms with van der Waals surface area (Å²) in [7, 11) is 0. The lowest BCUT2D eigenvalue weighted by atomic mass is 9.89. The van der Waals surface area contributed by atoms with E-state index in [1.807, 2.05) is 12.1 Å². The van der Waals surface area contributed by atoms with Gasteiger partial charge < -0.3 is 9.84 Å². The van der Waals surface area contributed by atoms with Crippen LogP contribution in [0, 0.1) is 5.41 Å². The van der Waals surface area contributed by atoms with E-state index < -0.39 is 0 Å². The Labute approximate surface area is 98.3 Å². The molecule has 0 bridgehead atoms. The summed E-state index contributed by atoms with van der Waals surface area (Å²) in [5.74, 6) is 0.827. The number of ether oxygens (including phenoxy) is 1. The molecule has 1 N–H and O–H groups in total. The Kier molecular flexibility index (Phi) is 4.81. The molecule has 0 aliphatic carbocycles. The molecule has 0 aliphatic rings. The van der Waals surface area contributed by atoms with E-state index in [0.717, 1.165) is 12.2 Å². The Morgan fingerprint density at radius 1 is 1.12 bits per heavy atom. The van der Waals surface area contributed by atoms with Gasteiger partial charge in [0.1, 0.15) is 12.4 Å². The van der Waals surface area contributed by atoms with Crippen molar-refractivity contribution in [3.8, 4) is 5.75 Å². The van der Waals surface area contributed by atoms with Gasteiger partial charge in [-0.2, -0.15) is 0 Å². The van der Waals surface area contributed by atoms with Crippen molar-refractivity contribution in [2.45, 2.75) is 33.6 Å². The van der Waals surface area contributed by atoms with E-state index in [2.05, 4.69) is 32.9 Å². The van der Waals surface area contributed by atoms with Crippen LogP contribution in [0.5, 0.6) is 5.75 Å². The van der Waals surface area contributed by atoms with E-state index >= 15 is 0 Å². The predicted octanol–water partition coefficient (Wildman–Crippen LogP) is 3.04. The molecule has 0 spiro atoms. The van der Waals surface area contributed by atoms with Crippen LogP contribution < -0.4 is 4.74 Å². The van der Waals surface area contributed by atoms with Crippen molar-refractivity contribution in [3.05, 3.63) is 29.8 Å². The van der Waals surface area contributed by atoms with Crippen molar-refractivity contribution in [3.63, 3.8) is 0 Å². The number of rotatable bonds is 5. The van der Waals surface area contributed by atoms with Crippen molar-refractivity contribution in [1.29, 1.82) is 0 Å². The topological polar surface area (TPSA) is 29.5 Å². The van der Waals surface area contributed by atoms with Crippen LogP contribution in [-0.2, 0) is 6.42 Å². The third-order valence-electron chi connectivity index (χ3n) is 2.45. The van der Waals surface area contributed by atoms with Crippen molar-refractivity contribution in [2.75, 3.05) is 13.2 Å². The normalized spacial score (nSPS) is 11.5. The molecule has 0 fully saturated rings. The van der Waals surface area contributed by atoms with E-state index in [1.165, 1.54) is 12.0 Å². The molecule has 0 radical (unpaired) electrons. The Hall–Kier alpha value is -1.02. The first kappa shape index (κ1) is 13.0. The highest BCUT2D eigenvalue weighted by atomic mass is 16.5. The van der Waals surface area contributed by atoms with Crippen LogP contribution in [0.15, 0.2) is 24.3 Å². The molecule has 2 nitrogen and oxygen atoms in total. The van der Waals surface area contributed by atoms with E-state index in [1.54, 1.807) is 0 Å². The molecule has 2 heteroatoms. The molecular formula is C14H22O2. The number of aryl methyl sites for hydroxylation is 1. The maximum absolute atomic E-state index is 8.63. The van der Waals surface area contributed by atoms with Crippen molar-refractivity contribution in [2.24, 2.45) is 5.41 Å². The largest absolute Gasteiger partial charge is 0.491 e. The van der Waals surface area contributed by atoms with Gasteiger partial charge in [-0.25, -0.2) is 0 Å². The molecule has 0 saturated heterocycles. The Morgan fingerprint density at radius 2 is 1.75 bits per heavy atom. The lowest BCUT2D eigenvalue weighted by Gasteiger charge is -2.17. The lowest BCUT2D eigenvalue weighted by Crippen LogP contribution is -2.06. The molecule has 1 rings (SSSR count). The minimum atomic E-state index is 0.0613. The number of aliphatic hydroxyl groups is 1. The molecule has 0 atom stereocenters. The molecule has 90 valence electrons. The Morgan fingerprint density at radius 3 is 2.25 bits per heavy atom. The molecule has 0 aromatic heterocycles. The molecule has 0 saturated carbocycles. The number of hydrogen-bond acceptors (Lipinski definition) is 2. The minimum absolute atomic E-state index is 0.0613. The first-order valence-electron chi connectivity index (χ1n) is 5.84. The van der Waals surface area contributed by atoms with Gasteiger partial charge in [-0.15, -0.1) is 0 Å². The summed E-state index contributed by atoms with van der Waals surface area (Å²) >= 11 is 0. The maximum Gasteiger partial charge on any atom is 0.119 e. The Balaban J connectivity index is 2.45. The molecule has 0 unspecified atom stereocenters. The molecule has 1 aromatic carbocycles. The molecule has 0 amide bonds. The van der Waals surface area contributed by atoms with Crippen molar-refractivity contribution < 1.29 is 9.84 Å². The van der Waals surface area contributed by atoms with Gasteiger partial charge in [-0.1, -0.05) is 32.9 Å². The zero-order valence-corrected chi connectivity index (χ0v) is 10.5. The van der Waals surface area contributed by atoms with Crippen LogP contribution in [-0.4, -0.2) is 18.3 Å². The van der Waals surface area contributed by atoms with Crippen molar-refractivity contribution in [1.82, 2.24) is 0 Å². The fourth-order valence-electron chi connectivity index (χ4n) is 1.44. The SMILES string of the molecule is CC(C)(C)CCc1ccc(OCCO)cc1. The Bertz CT molecular complexity index is 296. The van der Waals surface area contributed by atoms with Gasteiger partial charge >= 0.3 is 0 Å². The third-order valence-corrected chi connectivity index (χ3v) is 2.45. The smallest absolute Gasteiger partial charge is 0.119 e. The van der Waals surface area contributed by atoms with Crippen LogP contribution in [0.3, 0.4) is 0 Å². The van der Waals surface area contributed by atoms with E-state index in [9.17, 15) is 0 Å². The molecule has 0 aliphatic heterocycles. The second kappa shape index (κ2) is 5.90. The summed E-state index contributed by atoms with van der Waals surface area (Å²) in [6.07, 6.45) is 2.29. The zero-order valence-electron chi connectivity index (χ0n) is 10.5. The second-order valence-corrected chi connectivity index (χ2v) is 5.28. The molecule has 0 heterocycles. The number of benzene rings is 1. The average Bonchev–Trinajstić information content (AvgIpc) is 2.24. The van der Waals surface area contributed by atoms with E-state index in [-0.39, 0.29) is 6.61 Å². The highest BCUT2D eigenvalue weighted by molar-refractivity contribution is 5.27. The van der Waals surface area contributed by atoms with Gasteiger partial charge in [0, 0.05) is 0 Å². The average molecular weight is 222 g/mol. The summed E-state index contributed by atoms with van der Waals surface area (Å²) in [5, 5.41) is 8.63. The standard InChI is InChI=1S/C14H22O2/c1-14(2,3)9-8-12-4-6-13(7-5-12)16-11-10-15/h4-7,15H,8-11H2,1-3H3. The molecular weight excluding hydrogens is 200 g/mol. The van der Waals surface area contributed by atoms with Gasteiger partial charge in [0.2, 0.25) is 0 Å². The number of hydrogen-bond donors (Lipinski definition) is 1. The second-order valence-electron chi connectivity index (χ2n) is 5.28. The first-order chi connectivity index (χ1) is 7.51. The quantitative estimate of drug-likeness (QED) is 0.829. The van der Waals surface area contributed by atoms with Crippen LogP contribution in [0.1, 0.15) is 32.8 Å². The van der Waals surface area contributed by atoms with Gasteiger partial charge in [0.05, 0.1) is 6.61 Å². The van der Waals surface area contributed by atoms with Crippen LogP contribution in [0.2, 0.25) is 0 Å². The predicted molar refractivity (Wildman–Crippen MR) is 66.8 cm³/mol. The fourth-order valence-corrected chi connectivity index (χ4v) is 1.44. The van der Waals surface area contributed by atoms with Gasteiger partial charge in [0.25, 0.3) is 0 Å². The van der Waals surface area contributed by atoms with E-state index in [0.29, 0.717) is 12.0 Å². The van der Waals surface area contributed by atoms with Gasteiger partial charge in [0.15, 0.2) is 0 Å². The summed E-state index contributed by atoms with van der Waals surface area (Å²) < 4.78 is 5.31. The van der Waals surface area contributed by atoms with Crippen LogP contribution in [0.25, 0.3) is 0 Å². The highest BCUT2D eigenvalue weighted by Gasteiger charge is 2.09. The van der Waals surface area contributed by atoms with E-state index in [4.69, 9.17) is 9.84 Å². The van der Waals surface area contributed by atoms with Gasteiger partial charge in [-0.05, 0) is 36.0 Å². The summed E-state index contributed by atoms with van der Waals surface area (Å²) in [5.41, 5.74) is 1.72. The summed E-state index contributed by atoms with van der Waals surface area (Å²) in [6.45, 7) is 7.19. The highest BCUT2D eigenvalue weighted by Crippen LogP contribution is 2.22. The number of aliphatic hydroxyl groups excluding tert-OH is 1. The summed E-state index contributed by atoms with van der Waals surface area (Å²) in [4.78, 5) is 0. The van der Waals surface area contributed by atoms with Gasteiger partial charge in [-0.3, -0.25) is 0 Å². The monoisotopic (exact) mass is 222 g/mol. The van der Waals surface area contributed by atoms with Crippen LogP contribution in [0.4, 0.5) is 0 Å². The minimum Gasteiger partial charge on any atom is -0.491 e. The zero-order chi connectivity index (χ0) is 12.0. The third kappa shape index (κ3) is 5.17. The van der Waals surface area contributed by atoms with Crippen molar-refractivity contribution >= 4 is 0 Å². The fraction of sp³-hybridized carbons (Fsp3) is 0.571. The first-order valence-corrected chi connectivity index (χ1v) is 5.84. The van der Waals surface area contributed by atoms with Crippen LogP contribution >= 0.6 is 0 Å². The maximum atomic E-state index is 8.63. The molecule has 1 aromatic rings. The lowest BCUT2D eigenvalue weighted by molar-refractivity contribution is 0.201. The molecule has 16 heavy (non-hydrogen) atoms.